The van der Waals surface area contributed by atoms with E-state index in [1.54, 1.807) is 18.2 Å². The third kappa shape index (κ3) is 2.90. The van der Waals surface area contributed by atoms with Crippen LogP contribution < -0.4 is 4.90 Å². The van der Waals surface area contributed by atoms with E-state index in [1.165, 1.54) is 6.07 Å². The van der Waals surface area contributed by atoms with E-state index in [9.17, 15) is 14.9 Å². The molecule has 5 nitrogen and oxygen atoms in total. The Bertz CT molecular complexity index is 443. The molecule has 0 aliphatic heterocycles. The lowest BCUT2D eigenvalue weighted by Gasteiger charge is -2.20. The summed E-state index contributed by atoms with van der Waals surface area (Å²) in [6, 6.07) is 4.45. The fourth-order valence-corrected chi connectivity index (χ4v) is 1.58. The largest absolute Gasteiger partial charge is 0.363 e. The van der Waals surface area contributed by atoms with Gasteiger partial charge in [0.15, 0.2) is 0 Å². The van der Waals surface area contributed by atoms with Crippen molar-refractivity contribution in [2.24, 2.45) is 0 Å². The zero-order valence-corrected chi connectivity index (χ0v) is 9.63. The first kappa shape index (κ1) is 12.9. The van der Waals surface area contributed by atoms with Gasteiger partial charge in [0.05, 0.1) is 4.92 Å². The van der Waals surface area contributed by atoms with Gasteiger partial charge in [-0.05, 0) is 19.1 Å². The zero-order valence-electron chi connectivity index (χ0n) is 9.63. The van der Waals surface area contributed by atoms with Crippen LogP contribution in [-0.2, 0) is 0 Å². The van der Waals surface area contributed by atoms with Crippen LogP contribution in [0.1, 0.15) is 17.3 Å². The van der Waals surface area contributed by atoms with Crippen molar-refractivity contribution < 1.29 is 9.72 Å². The molecule has 0 aliphatic rings. The summed E-state index contributed by atoms with van der Waals surface area (Å²) in [5.74, 6) is 0. The van der Waals surface area contributed by atoms with Gasteiger partial charge < -0.3 is 4.90 Å². The standard InChI is InChI=1S/C12H14N2O3/c1-3-7-13(4-2)11-6-5-10(9-15)8-12(11)14(16)17/h3,5-6,8-9H,1,4,7H2,2H3. The molecular formula is C12H14N2O3. The summed E-state index contributed by atoms with van der Waals surface area (Å²) in [6.45, 7) is 6.68. The van der Waals surface area contributed by atoms with Crippen LogP contribution in [-0.4, -0.2) is 24.3 Å². The van der Waals surface area contributed by atoms with Crippen molar-refractivity contribution in [2.75, 3.05) is 18.0 Å². The minimum absolute atomic E-state index is 0.0571. The van der Waals surface area contributed by atoms with E-state index >= 15 is 0 Å². The normalized spacial score (nSPS) is 9.71. The van der Waals surface area contributed by atoms with Gasteiger partial charge in [-0.25, -0.2) is 0 Å². The van der Waals surface area contributed by atoms with Crippen molar-refractivity contribution >= 4 is 17.7 Å². The van der Waals surface area contributed by atoms with Gasteiger partial charge >= 0.3 is 0 Å². The minimum Gasteiger partial charge on any atom is -0.363 e. The fourth-order valence-electron chi connectivity index (χ4n) is 1.58. The van der Waals surface area contributed by atoms with Crippen molar-refractivity contribution in [3.8, 4) is 0 Å². The van der Waals surface area contributed by atoms with E-state index < -0.39 is 4.92 Å². The molecule has 0 saturated heterocycles. The SMILES string of the molecule is C=CCN(CC)c1ccc(C=O)cc1[N+](=O)[O-]. The number of hydrogen-bond donors (Lipinski definition) is 0. The molecule has 90 valence electrons. The molecule has 0 fully saturated rings. The maximum atomic E-state index is 11.0. The molecule has 1 aromatic rings. The Morgan fingerprint density at radius 1 is 1.53 bits per heavy atom. The number of carbonyl (C=O) groups is 1. The molecule has 1 rings (SSSR count). The maximum absolute atomic E-state index is 11.0. The van der Waals surface area contributed by atoms with Gasteiger partial charge in [-0.15, -0.1) is 6.58 Å². The minimum atomic E-state index is -0.478. The maximum Gasteiger partial charge on any atom is 0.293 e. The lowest BCUT2D eigenvalue weighted by Crippen LogP contribution is -2.23. The highest BCUT2D eigenvalue weighted by Gasteiger charge is 2.18. The Hall–Kier alpha value is -2.17. The first-order chi connectivity index (χ1) is 8.13. The summed E-state index contributed by atoms with van der Waals surface area (Å²) in [4.78, 5) is 22.9. The van der Waals surface area contributed by atoms with Crippen LogP contribution in [0.25, 0.3) is 0 Å². The zero-order chi connectivity index (χ0) is 12.8. The van der Waals surface area contributed by atoms with E-state index in [4.69, 9.17) is 0 Å². The molecule has 0 unspecified atom stereocenters. The molecule has 0 saturated carbocycles. The molecule has 0 N–H and O–H groups in total. The van der Waals surface area contributed by atoms with Crippen LogP contribution in [0.4, 0.5) is 11.4 Å². The van der Waals surface area contributed by atoms with Crippen LogP contribution in [0, 0.1) is 10.1 Å². The number of nitro benzene ring substituents is 1. The highest BCUT2D eigenvalue weighted by Crippen LogP contribution is 2.28. The van der Waals surface area contributed by atoms with Gasteiger partial charge in [0.1, 0.15) is 12.0 Å². The predicted octanol–water partition coefficient (Wildman–Crippen LogP) is 2.42. The van der Waals surface area contributed by atoms with Crippen LogP contribution in [0.3, 0.4) is 0 Å². The number of nitrogens with zero attached hydrogens (tertiary/aromatic N) is 2. The van der Waals surface area contributed by atoms with Crippen molar-refractivity contribution in [1.82, 2.24) is 0 Å². The Balaban J connectivity index is 3.25. The lowest BCUT2D eigenvalue weighted by atomic mass is 10.1. The molecule has 0 spiro atoms. The lowest BCUT2D eigenvalue weighted by molar-refractivity contribution is -0.384. The second kappa shape index (κ2) is 5.79. The quantitative estimate of drug-likeness (QED) is 0.328. The molecule has 1 aromatic carbocycles. The Morgan fingerprint density at radius 3 is 2.71 bits per heavy atom. The molecule has 0 amide bonds. The van der Waals surface area contributed by atoms with Crippen molar-refractivity contribution in [1.29, 1.82) is 0 Å². The van der Waals surface area contributed by atoms with Gasteiger partial charge in [0, 0.05) is 24.7 Å². The molecule has 5 heteroatoms. The monoisotopic (exact) mass is 234 g/mol. The first-order valence-electron chi connectivity index (χ1n) is 5.23. The van der Waals surface area contributed by atoms with E-state index in [0.29, 0.717) is 30.6 Å². The third-order valence-corrected chi connectivity index (χ3v) is 2.40. The first-order valence-corrected chi connectivity index (χ1v) is 5.23. The number of anilines is 1. The molecule has 0 radical (unpaired) electrons. The van der Waals surface area contributed by atoms with Crippen LogP contribution in [0.15, 0.2) is 30.9 Å². The van der Waals surface area contributed by atoms with Gasteiger partial charge in [-0.3, -0.25) is 14.9 Å². The summed E-state index contributed by atoms with van der Waals surface area (Å²) in [5.41, 5.74) is 0.747. The molecule has 0 bridgehead atoms. The van der Waals surface area contributed by atoms with Crippen LogP contribution in [0.2, 0.25) is 0 Å². The Morgan fingerprint density at radius 2 is 2.24 bits per heavy atom. The number of rotatable bonds is 6. The second-order valence-corrected chi connectivity index (χ2v) is 3.45. The summed E-state index contributed by atoms with van der Waals surface area (Å²) >= 11 is 0. The average Bonchev–Trinajstić information content (AvgIpc) is 2.35. The van der Waals surface area contributed by atoms with E-state index in [-0.39, 0.29) is 5.69 Å². The highest BCUT2D eigenvalue weighted by atomic mass is 16.6. The van der Waals surface area contributed by atoms with E-state index in [1.807, 2.05) is 11.8 Å². The molecular weight excluding hydrogens is 220 g/mol. The Labute approximate surface area is 99.5 Å². The Kier molecular flexibility index (Phi) is 4.39. The van der Waals surface area contributed by atoms with Gasteiger partial charge in [-0.1, -0.05) is 6.08 Å². The molecule has 0 aliphatic carbocycles. The van der Waals surface area contributed by atoms with Crippen molar-refractivity contribution in [3.63, 3.8) is 0 Å². The summed E-state index contributed by atoms with van der Waals surface area (Å²) in [5, 5.41) is 11.0. The summed E-state index contributed by atoms with van der Waals surface area (Å²) in [7, 11) is 0. The van der Waals surface area contributed by atoms with Crippen molar-refractivity contribution in [2.45, 2.75) is 6.92 Å². The topological polar surface area (TPSA) is 63.5 Å². The number of hydrogen-bond acceptors (Lipinski definition) is 4. The third-order valence-electron chi connectivity index (χ3n) is 2.40. The van der Waals surface area contributed by atoms with E-state index in [2.05, 4.69) is 6.58 Å². The smallest absolute Gasteiger partial charge is 0.293 e. The number of carbonyl (C=O) groups excluding carboxylic acids is 1. The molecule has 0 aromatic heterocycles. The number of likely N-dealkylation sites (N-methyl/N-ethyl adjacent to an activating group) is 1. The van der Waals surface area contributed by atoms with Gasteiger partial charge in [0.25, 0.3) is 5.69 Å². The summed E-state index contributed by atoms with van der Waals surface area (Å²) in [6.07, 6.45) is 2.28. The predicted molar refractivity (Wildman–Crippen MR) is 66.6 cm³/mol. The van der Waals surface area contributed by atoms with Crippen LogP contribution >= 0.6 is 0 Å². The van der Waals surface area contributed by atoms with Gasteiger partial charge in [-0.2, -0.15) is 0 Å². The van der Waals surface area contributed by atoms with Crippen LogP contribution in [0.5, 0.6) is 0 Å². The van der Waals surface area contributed by atoms with Crippen molar-refractivity contribution in [3.05, 3.63) is 46.5 Å². The molecule has 17 heavy (non-hydrogen) atoms. The number of nitro groups is 1. The number of benzene rings is 1. The average molecular weight is 234 g/mol. The second-order valence-electron chi connectivity index (χ2n) is 3.45. The number of aldehydes is 1. The van der Waals surface area contributed by atoms with Gasteiger partial charge in [0.2, 0.25) is 0 Å². The fraction of sp³-hybridized carbons (Fsp3) is 0.250. The molecule has 0 atom stereocenters. The summed E-state index contributed by atoms with van der Waals surface area (Å²) < 4.78 is 0. The highest BCUT2D eigenvalue weighted by molar-refractivity contribution is 5.79. The van der Waals surface area contributed by atoms with E-state index in [0.717, 1.165) is 0 Å². The molecule has 0 heterocycles.